The van der Waals surface area contributed by atoms with Gasteiger partial charge in [-0.2, -0.15) is 5.06 Å². The number of nitrogens with zero attached hydrogens (tertiary/aromatic N) is 2. The Morgan fingerprint density at radius 1 is 1.23 bits per heavy atom. The third kappa shape index (κ3) is 3.53. The van der Waals surface area contributed by atoms with Gasteiger partial charge < -0.3 is 10.2 Å². The second-order valence-corrected chi connectivity index (χ2v) is 6.97. The minimum Gasteiger partial charge on any atom is -0.314 e. The van der Waals surface area contributed by atoms with Gasteiger partial charge in [0.25, 0.3) is 5.91 Å². The molecule has 26 heavy (non-hydrogen) atoms. The maximum absolute atomic E-state index is 12.7. The van der Waals surface area contributed by atoms with Crippen molar-refractivity contribution >= 4 is 11.9 Å². The Bertz CT molecular complexity index is 650. The van der Waals surface area contributed by atoms with Crippen molar-refractivity contribution in [3.8, 4) is 0 Å². The zero-order valence-electron chi connectivity index (χ0n) is 14.6. The number of carbonyl (C=O) groups is 2. The summed E-state index contributed by atoms with van der Waals surface area (Å²) in [6, 6.07) is 8.98. The van der Waals surface area contributed by atoms with Gasteiger partial charge in [-0.25, -0.2) is 10.3 Å². The molecule has 1 aromatic carbocycles. The number of hydrogen-bond acceptors (Lipinski definition) is 5. The monoisotopic (exact) mass is 360 g/mol. The summed E-state index contributed by atoms with van der Waals surface area (Å²) in [5.74, 6) is -0.256. The summed E-state index contributed by atoms with van der Waals surface area (Å²) in [5.41, 5.74) is 3.54. The quantitative estimate of drug-likeness (QED) is 0.733. The molecule has 3 unspecified atom stereocenters. The van der Waals surface area contributed by atoms with Crippen molar-refractivity contribution in [3.63, 3.8) is 0 Å². The molecule has 3 aliphatic rings. The second-order valence-electron chi connectivity index (χ2n) is 6.97. The lowest BCUT2D eigenvalue weighted by Crippen LogP contribution is -2.50. The van der Waals surface area contributed by atoms with E-state index >= 15 is 0 Å². The number of benzene rings is 1. The molecule has 0 aromatic heterocycles. The number of carbonyl (C=O) groups excluding carboxylic acids is 2. The molecule has 1 aromatic rings. The molecule has 3 heterocycles. The van der Waals surface area contributed by atoms with Gasteiger partial charge >= 0.3 is 6.03 Å². The van der Waals surface area contributed by atoms with Crippen LogP contribution in [0, 0.1) is 0 Å². The van der Waals surface area contributed by atoms with Crippen LogP contribution in [0.2, 0.25) is 0 Å². The topological polar surface area (TPSA) is 83.1 Å². The van der Waals surface area contributed by atoms with E-state index in [9.17, 15) is 9.59 Å². The van der Waals surface area contributed by atoms with Gasteiger partial charge in [-0.1, -0.05) is 30.3 Å². The summed E-state index contributed by atoms with van der Waals surface area (Å²) in [4.78, 5) is 37.9. The average molecular weight is 360 g/mol. The number of rotatable bonds is 6. The molecule has 8 heteroatoms. The average Bonchev–Trinajstić information content (AvgIpc) is 3.27. The Labute approximate surface area is 152 Å². The highest BCUT2D eigenvalue weighted by molar-refractivity contribution is 5.88. The van der Waals surface area contributed by atoms with E-state index in [1.165, 1.54) is 5.06 Å². The summed E-state index contributed by atoms with van der Waals surface area (Å²) >= 11 is 0. The molecular formula is C18H24N4O4. The van der Waals surface area contributed by atoms with Crippen molar-refractivity contribution in [2.75, 3.05) is 19.6 Å². The Hall–Kier alpha value is -2.16. The number of piperidine rings is 1. The van der Waals surface area contributed by atoms with Crippen molar-refractivity contribution in [2.45, 2.75) is 44.1 Å². The van der Waals surface area contributed by atoms with E-state index in [0.717, 1.165) is 31.5 Å². The van der Waals surface area contributed by atoms with Crippen LogP contribution in [0.3, 0.4) is 0 Å². The van der Waals surface area contributed by atoms with Crippen molar-refractivity contribution in [1.82, 2.24) is 20.8 Å². The van der Waals surface area contributed by atoms with Crippen LogP contribution >= 0.6 is 0 Å². The molecular weight excluding hydrogens is 336 g/mol. The molecule has 0 saturated carbocycles. The number of amides is 3. The lowest BCUT2D eigenvalue weighted by Gasteiger charge is -2.29. The molecule has 2 bridgehead atoms. The fraction of sp³-hybridized carbons (Fsp3) is 0.556. The minimum absolute atomic E-state index is 0.00438. The number of nitrogens with one attached hydrogen (secondary N) is 2. The first-order valence-corrected chi connectivity index (χ1v) is 9.15. The van der Waals surface area contributed by atoms with E-state index in [4.69, 9.17) is 9.68 Å². The molecule has 8 nitrogen and oxygen atoms in total. The predicted octanol–water partition coefficient (Wildman–Crippen LogP) is 0.797. The van der Waals surface area contributed by atoms with E-state index < -0.39 is 6.04 Å². The van der Waals surface area contributed by atoms with Gasteiger partial charge in [0.15, 0.2) is 0 Å². The normalized spacial score (nSPS) is 27.8. The first kappa shape index (κ1) is 17.3. The highest BCUT2D eigenvalue weighted by atomic mass is 16.7. The lowest BCUT2D eigenvalue weighted by atomic mass is 10.0. The number of hydrogen-bond donors (Lipinski definition) is 2. The Morgan fingerprint density at radius 3 is 2.85 bits per heavy atom. The van der Waals surface area contributed by atoms with Gasteiger partial charge in [-0.05, 0) is 31.4 Å². The molecule has 4 rings (SSSR count). The Morgan fingerprint density at radius 2 is 2.08 bits per heavy atom. The minimum atomic E-state index is -0.501. The second kappa shape index (κ2) is 7.61. The molecule has 3 amide bonds. The Balaban J connectivity index is 1.32. The molecule has 0 radical (unpaired) electrons. The van der Waals surface area contributed by atoms with E-state index in [2.05, 4.69) is 10.8 Å². The van der Waals surface area contributed by atoms with Gasteiger partial charge in [0.05, 0.1) is 12.1 Å². The van der Waals surface area contributed by atoms with Crippen LogP contribution in [0.25, 0.3) is 0 Å². The molecule has 0 aliphatic carbocycles. The molecule has 3 aliphatic heterocycles. The van der Waals surface area contributed by atoms with Crippen LogP contribution in [-0.2, 0) is 21.1 Å². The van der Waals surface area contributed by atoms with E-state index in [-0.39, 0.29) is 24.1 Å². The maximum Gasteiger partial charge on any atom is 0.345 e. The fourth-order valence-electron chi connectivity index (χ4n) is 3.73. The lowest BCUT2D eigenvalue weighted by molar-refractivity contribution is -0.143. The molecule has 2 N–H and O–H groups in total. The fourth-order valence-corrected chi connectivity index (χ4v) is 3.73. The third-order valence-corrected chi connectivity index (χ3v) is 5.18. The predicted molar refractivity (Wildman–Crippen MR) is 92.5 cm³/mol. The highest BCUT2D eigenvalue weighted by Gasteiger charge is 2.48. The van der Waals surface area contributed by atoms with Gasteiger partial charge in [0.1, 0.15) is 12.6 Å². The SMILES string of the molecule is O=C(NOC1CCNC1)C1CCC2CN1C(=O)N2OCc1ccccc1. The number of fused-ring (bicyclic) bond motifs is 2. The van der Waals surface area contributed by atoms with Crippen LogP contribution < -0.4 is 10.8 Å². The molecule has 3 saturated heterocycles. The van der Waals surface area contributed by atoms with E-state index in [1.54, 1.807) is 4.90 Å². The van der Waals surface area contributed by atoms with Crippen LogP contribution in [0.15, 0.2) is 30.3 Å². The van der Waals surface area contributed by atoms with Crippen LogP contribution in [-0.4, -0.2) is 59.7 Å². The van der Waals surface area contributed by atoms with Crippen molar-refractivity contribution in [3.05, 3.63) is 35.9 Å². The summed E-state index contributed by atoms with van der Waals surface area (Å²) in [7, 11) is 0. The zero-order chi connectivity index (χ0) is 17.9. The summed E-state index contributed by atoms with van der Waals surface area (Å²) in [6.07, 6.45) is 2.21. The molecule has 0 spiro atoms. The first-order chi connectivity index (χ1) is 12.7. The van der Waals surface area contributed by atoms with Gasteiger partial charge in [-0.3, -0.25) is 14.5 Å². The zero-order valence-corrected chi connectivity index (χ0v) is 14.6. The van der Waals surface area contributed by atoms with Gasteiger partial charge in [0, 0.05) is 13.1 Å². The highest BCUT2D eigenvalue weighted by Crippen LogP contribution is 2.30. The number of urea groups is 1. The smallest absolute Gasteiger partial charge is 0.314 e. The van der Waals surface area contributed by atoms with Gasteiger partial charge in [0.2, 0.25) is 0 Å². The molecule has 140 valence electrons. The van der Waals surface area contributed by atoms with Crippen LogP contribution in [0.4, 0.5) is 4.79 Å². The Kier molecular flexibility index (Phi) is 5.05. The largest absolute Gasteiger partial charge is 0.345 e. The molecule has 3 fully saturated rings. The van der Waals surface area contributed by atoms with Crippen LogP contribution in [0.5, 0.6) is 0 Å². The summed E-state index contributed by atoms with van der Waals surface area (Å²) in [6.45, 7) is 2.48. The maximum atomic E-state index is 12.7. The first-order valence-electron chi connectivity index (χ1n) is 9.15. The van der Waals surface area contributed by atoms with Crippen molar-refractivity contribution in [1.29, 1.82) is 0 Å². The van der Waals surface area contributed by atoms with Gasteiger partial charge in [-0.15, -0.1) is 0 Å². The summed E-state index contributed by atoms with van der Waals surface area (Å²) in [5, 5.41) is 4.61. The number of hydroxylamine groups is 3. The van der Waals surface area contributed by atoms with Crippen molar-refractivity contribution < 1.29 is 19.3 Å². The van der Waals surface area contributed by atoms with E-state index in [0.29, 0.717) is 19.6 Å². The molecule has 3 atom stereocenters. The third-order valence-electron chi connectivity index (χ3n) is 5.18. The van der Waals surface area contributed by atoms with E-state index in [1.807, 2.05) is 30.3 Å². The summed E-state index contributed by atoms with van der Waals surface area (Å²) < 4.78 is 0. The standard InChI is InChI=1S/C18H24N4O4/c23-17(20-26-15-8-9-19-10-15)16-7-6-14-11-21(16)18(24)22(14)25-12-13-4-2-1-3-5-13/h1-5,14-16,19H,6-12H2,(H,20,23). The van der Waals surface area contributed by atoms with Crippen LogP contribution in [0.1, 0.15) is 24.8 Å². The van der Waals surface area contributed by atoms with Crippen molar-refractivity contribution in [2.24, 2.45) is 0 Å².